The van der Waals surface area contributed by atoms with Gasteiger partial charge in [-0.25, -0.2) is 0 Å². The zero-order chi connectivity index (χ0) is 17.6. The molecule has 0 spiro atoms. The van der Waals surface area contributed by atoms with E-state index >= 15 is 0 Å². The van der Waals surface area contributed by atoms with E-state index in [-0.39, 0.29) is 18.4 Å². The number of hydrogen-bond donors (Lipinski definition) is 1. The fourth-order valence-electron chi connectivity index (χ4n) is 3.15. The Balaban J connectivity index is 1.73. The Morgan fingerprint density at radius 1 is 1.04 bits per heavy atom. The second-order valence-electron chi connectivity index (χ2n) is 6.36. The van der Waals surface area contributed by atoms with Gasteiger partial charge < -0.3 is 10.0 Å². The zero-order valence-electron chi connectivity index (χ0n) is 14.0. The van der Waals surface area contributed by atoms with Gasteiger partial charge in [-0.3, -0.25) is 14.5 Å². The Hall–Kier alpha value is -2.66. The standard InChI is InChI=1S/C20H22N2O3/c23-19(15-21-12-11-17(14-21)20(24)25)22(18-9-5-2-6-10-18)13-16-7-3-1-4-8-16/h1-10,17H,11-15H2,(H,24,25). The van der Waals surface area contributed by atoms with Crippen molar-refractivity contribution in [3.63, 3.8) is 0 Å². The van der Waals surface area contributed by atoms with Gasteiger partial charge in [0.2, 0.25) is 5.91 Å². The Labute approximate surface area is 147 Å². The number of rotatable bonds is 6. The van der Waals surface area contributed by atoms with Crippen LogP contribution in [-0.2, 0) is 16.1 Å². The minimum Gasteiger partial charge on any atom is -0.481 e. The molecule has 3 rings (SSSR count). The first kappa shape index (κ1) is 17.2. The molecule has 1 heterocycles. The van der Waals surface area contributed by atoms with E-state index < -0.39 is 5.97 Å². The molecular formula is C20H22N2O3. The summed E-state index contributed by atoms with van der Waals surface area (Å²) in [5, 5.41) is 9.13. The highest BCUT2D eigenvalue weighted by molar-refractivity contribution is 5.94. The summed E-state index contributed by atoms with van der Waals surface area (Å²) in [4.78, 5) is 27.7. The summed E-state index contributed by atoms with van der Waals surface area (Å²) in [6.45, 7) is 1.83. The molecule has 1 aliphatic rings. The van der Waals surface area contributed by atoms with Crippen molar-refractivity contribution in [2.24, 2.45) is 5.92 Å². The molecular weight excluding hydrogens is 316 g/mol. The first-order chi connectivity index (χ1) is 12.1. The van der Waals surface area contributed by atoms with Crippen molar-refractivity contribution in [3.05, 3.63) is 66.2 Å². The van der Waals surface area contributed by atoms with Gasteiger partial charge in [-0.05, 0) is 30.7 Å². The molecule has 25 heavy (non-hydrogen) atoms. The number of aliphatic carboxylic acids is 1. The number of nitrogens with zero attached hydrogens (tertiary/aromatic N) is 2. The fourth-order valence-corrected chi connectivity index (χ4v) is 3.15. The maximum absolute atomic E-state index is 12.9. The van der Waals surface area contributed by atoms with Gasteiger partial charge in [0.1, 0.15) is 0 Å². The third kappa shape index (κ3) is 4.45. The molecule has 1 unspecified atom stereocenters. The smallest absolute Gasteiger partial charge is 0.307 e. The van der Waals surface area contributed by atoms with Crippen molar-refractivity contribution in [2.75, 3.05) is 24.5 Å². The van der Waals surface area contributed by atoms with Gasteiger partial charge in [0, 0.05) is 12.2 Å². The highest BCUT2D eigenvalue weighted by Gasteiger charge is 2.30. The molecule has 1 atom stereocenters. The topological polar surface area (TPSA) is 60.9 Å². The predicted octanol–water partition coefficient (Wildman–Crippen LogP) is 2.63. The van der Waals surface area contributed by atoms with Crippen LogP contribution < -0.4 is 4.90 Å². The van der Waals surface area contributed by atoms with Crippen LogP contribution in [0, 0.1) is 5.92 Å². The molecule has 2 aromatic carbocycles. The number of anilines is 1. The van der Waals surface area contributed by atoms with Crippen LogP contribution in [-0.4, -0.2) is 41.5 Å². The van der Waals surface area contributed by atoms with Crippen LogP contribution in [0.5, 0.6) is 0 Å². The lowest BCUT2D eigenvalue weighted by Gasteiger charge is -2.25. The van der Waals surface area contributed by atoms with E-state index in [9.17, 15) is 9.59 Å². The van der Waals surface area contributed by atoms with Crippen LogP contribution in [0.15, 0.2) is 60.7 Å². The second kappa shape index (κ2) is 7.94. The van der Waals surface area contributed by atoms with Gasteiger partial charge in [-0.2, -0.15) is 0 Å². The number of hydrogen-bond acceptors (Lipinski definition) is 3. The number of para-hydroxylation sites is 1. The summed E-state index contributed by atoms with van der Waals surface area (Å²) in [5.74, 6) is -1.16. The van der Waals surface area contributed by atoms with E-state index in [0.717, 1.165) is 11.3 Å². The lowest BCUT2D eigenvalue weighted by Crippen LogP contribution is -2.39. The molecule has 1 amide bonds. The van der Waals surface area contributed by atoms with Crippen LogP contribution >= 0.6 is 0 Å². The van der Waals surface area contributed by atoms with Gasteiger partial charge in [0.05, 0.1) is 19.0 Å². The lowest BCUT2D eigenvalue weighted by molar-refractivity contribution is -0.141. The Morgan fingerprint density at radius 2 is 1.68 bits per heavy atom. The molecule has 0 radical (unpaired) electrons. The molecule has 0 aliphatic carbocycles. The molecule has 2 aromatic rings. The van der Waals surface area contributed by atoms with Crippen LogP contribution in [0.25, 0.3) is 0 Å². The monoisotopic (exact) mass is 338 g/mol. The molecule has 0 bridgehead atoms. The average Bonchev–Trinajstić information content (AvgIpc) is 3.10. The second-order valence-corrected chi connectivity index (χ2v) is 6.36. The molecule has 1 N–H and O–H groups in total. The van der Waals surface area contributed by atoms with Crippen LogP contribution in [0.1, 0.15) is 12.0 Å². The van der Waals surface area contributed by atoms with Crippen LogP contribution in [0.2, 0.25) is 0 Å². The highest BCUT2D eigenvalue weighted by atomic mass is 16.4. The van der Waals surface area contributed by atoms with Gasteiger partial charge >= 0.3 is 5.97 Å². The molecule has 5 heteroatoms. The molecule has 1 saturated heterocycles. The molecule has 5 nitrogen and oxygen atoms in total. The SMILES string of the molecule is O=C(O)C1CCN(CC(=O)N(Cc2ccccc2)c2ccccc2)C1. The number of likely N-dealkylation sites (tertiary alicyclic amines) is 1. The van der Waals surface area contributed by atoms with Gasteiger partial charge in [0.25, 0.3) is 0 Å². The number of carbonyl (C=O) groups excluding carboxylic acids is 1. The largest absolute Gasteiger partial charge is 0.481 e. The van der Waals surface area contributed by atoms with Crippen molar-refractivity contribution in [2.45, 2.75) is 13.0 Å². The quantitative estimate of drug-likeness (QED) is 0.879. The van der Waals surface area contributed by atoms with Crippen molar-refractivity contribution in [1.82, 2.24) is 4.90 Å². The van der Waals surface area contributed by atoms with E-state index in [1.54, 1.807) is 4.90 Å². The molecule has 0 aromatic heterocycles. The molecule has 130 valence electrons. The number of benzene rings is 2. The van der Waals surface area contributed by atoms with Gasteiger partial charge in [0.15, 0.2) is 0 Å². The maximum Gasteiger partial charge on any atom is 0.307 e. The number of carbonyl (C=O) groups is 2. The lowest BCUT2D eigenvalue weighted by atomic mass is 10.1. The van der Waals surface area contributed by atoms with E-state index in [1.165, 1.54) is 0 Å². The maximum atomic E-state index is 12.9. The molecule has 1 fully saturated rings. The summed E-state index contributed by atoms with van der Waals surface area (Å²) in [7, 11) is 0. The predicted molar refractivity (Wildman–Crippen MR) is 96.3 cm³/mol. The van der Waals surface area contributed by atoms with Crippen molar-refractivity contribution in [1.29, 1.82) is 0 Å². The summed E-state index contributed by atoms with van der Waals surface area (Å²) in [5.41, 5.74) is 1.91. The Morgan fingerprint density at radius 3 is 2.28 bits per heavy atom. The minimum absolute atomic E-state index is 0.0129. The Kier molecular flexibility index (Phi) is 5.46. The Bertz CT molecular complexity index is 718. The third-order valence-electron chi connectivity index (χ3n) is 4.53. The van der Waals surface area contributed by atoms with Gasteiger partial charge in [-0.1, -0.05) is 48.5 Å². The first-order valence-electron chi connectivity index (χ1n) is 8.48. The fraction of sp³-hybridized carbons (Fsp3) is 0.300. The van der Waals surface area contributed by atoms with Crippen molar-refractivity contribution < 1.29 is 14.7 Å². The van der Waals surface area contributed by atoms with Crippen molar-refractivity contribution >= 4 is 17.6 Å². The number of carboxylic acid groups (broad SMARTS) is 1. The van der Waals surface area contributed by atoms with Crippen LogP contribution in [0.4, 0.5) is 5.69 Å². The number of amides is 1. The number of carboxylic acids is 1. The molecule has 1 aliphatic heterocycles. The minimum atomic E-state index is -0.779. The summed E-state index contributed by atoms with van der Waals surface area (Å²) in [6, 6.07) is 19.5. The summed E-state index contributed by atoms with van der Waals surface area (Å²) in [6.07, 6.45) is 0.604. The van der Waals surface area contributed by atoms with E-state index in [0.29, 0.717) is 26.1 Å². The average molecular weight is 338 g/mol. The van der Waals surface area contributed by atoms with E-state index in [1.807, 2.05) is 65.6 Å². The third-order valence-corrected chi connectivity index (χ3v) is 4.53. The molecule has 0 saturated carbocycles. The van der Waals surface area contributed by atoms with Gasteiger partial charge in [-0.15, -0.1) is 0 Å². The highest BCUT2D eigenvalue weighted by Crippen LogP contribution is 2.20. The van der Waals surface area contributed by atoms with E-state index in [2.05, 4.69) is 0 Å². The van der Waals surface area contributed by atoms with E-state index in [4.69, 9.17) is 5.11 Å². The normalized spacial score (nSPS) is 17.4. The van der Waals surface area contributed by atoms with Crippen LogP contribution in [0.3, 0.4) is 0 Å². The zero-order valence-corrected chi connectivity index (χ0v) is 14.0. The van der Waals surface area contributed by atoms with Crippen molar-refractivity contribution in [3.8, 4) is 0 Å². The summed E-state index contributed by atoms with van der Waals surface area (Å²) < 4.78 is 0. The summed E-state index contributed by atoms with van der Waals surface area (Å²) >= 11 is 0. The first-order valence-corrected chi connectivity index (χ1v) is 8.48.